The first-order chi connectivity index (χ1) is 20.5. The predicted molar refractivity (Wildman–Crippen MR) is 142 cm³/mol. The molecule has 0 radical (unpaired) electrons. The molecule has 0 fully saturated rings. The van der Waals surface area contributed by atoms with E-state index >= 15 is 0 Å². The van der Waals surface area contributed by atoms with Gasteiger partial charge in [-0.25, -0.2) is 19.9 Å². The van der Waals surface area contributed by atoms with Crippen molar-refractivity contribution in [2.75, 3.05) is 0 Å². The van der Waals surface area contributed by atoms with Crippen molar-refractivity contribution < 1.29 is 26.3 Å². The van der Waals surface area contributed by atoms with Crippen molar-refractivity contribution in [1.29, 1.82) is 10.5 Å². The van der Waals surface area contributed by atoms with Gasteiger partial charge in [-0.05, 0) is 54.6 Å². The van der Waals surface area contributed by atoms with E-state index in [0.717, 1.165) is 24.3 Å². The lowest BCUT2D eigenvalue weighted by Crippen LogP contribution is -2.05. The van der Waals surface area contributed by atoms with Gasteiger partial charge in [0.2, 0.25) is 0 Å². The summed E-state index contributed by atoms with van der Waals surface area (Å²) in [4.78, 5) is 17.0. The maximum absolute atomic E-state index is 13.7. The Morgan fingerprint density at radius 3 is 1.49 bits per heavy atom. The van der Waals surface area contributed by atoms with Crippen LogP contribution in [0.4, 0.5) is 26.3 Å². The van der Waals surface area contributed by atoms with Crippen LogP contribution in [0.25, 0.3) is 50.3 Å². The Bertz CT molecular complexity index is 2040. The van der Waals surface area contributed by atoms with Gasteiger partial charge in [0, 0.05) is 46.7 Å². The number of rotatable bonds is 3. The number of hydrogen-bond acceptors (Lipinski definition) is 6. The van der Waals surface area contributed by atoms with E-state index in [9.17, 15) is 31.6 Å². The topological polar surface area (TPSA) is 104 Å². The fourth-order valence-corrected chi connectivity index (χ4v) is 4.74. The molecular weight excluding hydrogens is 572 g/mol. The predicted octanol–water partition coefficient (Wildman–Crippen LogP) is 7.48. The highest BCUT2D eigenvalue weighted by atomic mass is 19.4. The van der Waals surface area contributed by atoms with Crippen LogP contribution in [0, 0.1) is 22.7 Å². The molecule has 3 heterocycles. The standard InChI is InChI=1S/C30H13F6N7/c31-29(32,33)19-2-5-24-21(8-19)22-9-20(30(34,35)36)3-6-25(22)43(24)26-4-1-18(27-39-12-16(10-37)13-40-27)7-23(26)28-41-14-17(11-38)15-42-28/h1-9,12-15H. The zero-order valence-electron chi connectivity index (χ0n) is 21.4. The van der Waals surface area contributed by atoms with Gasteiger partial charge in [-0.1, -0.05) is 0 Å². The lowest BCUT2D eigenvalue weighted by Gasteiger charge is -2.15. The zero-order chi connectivity index (χ0) is 30.5. The summed E-state index contributed by atoms with van der Waals surface area (Å²) in [7, 11) is 0. The smallest absolute Gasteiger partial charge is 0.309 e. The normalized spacial score (nSPS) is 11.9. The van der Waals surface area contributed by atoms with Gasteiger partial charge in [0.25, 0.3) is 0 Å². The van der Waals surface area contributed by atoms with E-state index in [0.29, 0.717) is 16.8 Å². The van der Waals surface area contributed by atoms with E-state index in [2.05, 4.69) is 19.9 Å². The summed E-state index contributed by atoms with van der Waals surface area (Å²) in [5.74, 6) is 0.366. The Morgan fingerprint density at radius 2 is 1.05 bits per heavy atom. The minimum atomic E-state index is -4.73. The first-order valence-corrected chi connectivity index (χ1v) is 12.3. The first-order valence-electron chi connectivity index (χ1n) is 12.3. The van der Waals surface area contributed by atoms with Gasteiger partial charge >= 0.3 is 12.4 Å². The molecule has 0 aliphatic heterocycles. The lowest BCUT2D eigenvalue weighted by atomic mass is 10.1. The second kappa shape index (κ2) is 9.92. The number of alkyl halides is 6. The van der Waals surface area contributed by atoms with Crippen LogP contribution in [-0.2, 0) is 12.4 Å². The monoisotopic (exact) mass is 585 g/mol. The molecule has 3 aromatic heterocycles. The minimum Gasteiger partial charge on any atom is -0.309 e. The lowest BCUT2D eigenvalue weighted by molar-refractivity contribution is -0.138. The molecule has 0 saturated carbocycles. The van der Waals surface area contributed by atoms with E-state index in [1.165, 1.54) is 41.5 Å². The van der Waals surface area contributed by atoms with Gasteiger partial charge in [-0.15, -0.1) is 0 Å². The largest absolute Gasteiger partial charge is 0.416 e. The molecule has 0 unspecified atom stereocenters. The third-order valence-corrected chi connectivity index (χ3v) is 6.72. The zero-order valence-corrected chi connectivity index (χ0v) is 21.4. The van der Waals surface area contributed by atoms with Crippen molar-refractivity contribution in [3.63, 3.8) is 0 Å². The number of halogens is 6. The summed E-state index contributed by atoms with van der Waals surface area (Å²) in [6, 6.07) is 14.5. The SMILES string of the molecule is N#Cc1cnc(-c2ccc(-n3c4ccc(C(F)(F)F)cc4c4cc(C(F)(F)F)ccc43)c(-c3ncc(C#N)cn3)c2)nc1. The molecule has 6 aromatic rings. The van der Waals surface area contributed by atoms with Gasteiger partial charge < -0.3 is 4.57 Å². The molecule has 6 rings (SSSR count). The van der Waals surface area contributed by atoms with Gasteiger partial charge in [-0.2, -0.15) is 36.9 Å². The minimum absolute atomic E-state index is 0.0397. The van der Waals surface area contributed by atoms with Crippen LogP contribution in [0.1, 0.15) is 22.3 Å². The Morgan fingerprint density at radius 1 is 0.581 bits per heavy atom. The molecule has 0 bridgehead atoms. The Kier molecular flexibility index (Phi) is 6.31. The van der Waals surface area contributed by atoms with Crippen molar-refractivity contribution in [1.82, 2.24) is 24.5 Å². The van der Waals surface area contributed by atoms with E-state index in [1.807, 2.05) is 12.1 Å². The molecule has 43 heavy (non-hydrogen) atoms. The van der Waals surface area contributed by atoms with Crippen molar-refractivity contribution in [2.24, 2.45) is 0 Å². The second-order valence-corrected chi connectivity index (χ2v) is 9.34. The van der Waals surface area contributed by atoms with Crippen LogP contribution < -0.4 is 0 Å². The van der Waals surface area contributed by atoms with E-state index in [1.54, 1.807) is 18.2 Å². The Balaban J connectivity index is 1.67. The fraction of sp³-hybridized carbons (Fsp3) is 0.0667. The molecule has 0 atom stereocenters. The van der Waals surface area contributed by atoms with Crippen molar-refractivity contribution in [2.45, 2.75) is 12.4 Å². The summed E-state index contributed by atoms with van der Waals surface area (Å²) >= 11 is 0. The summed E-state index contributed by atoms with van der Waals surface area (Å²) in [5.41, 5.74) is -0.0725. The summed E-state index contributed by atoms with van der Waals surface area (Å²) in [5, 5.41) is 18.2. The van der Waals surface area contributed by atoms with Crippen LogP contribution in [0.15, 0.2) is 79.4 Å². The number of nitrogens with zero attached hydrogens (tertiary/aromatic N) is 7. The molecular formula is C30H13F6N7. The molecule has 0 amide bonds. The highest BCUT2D eigenvalue weighted by Crippen LogP contribution is 2.41. The average Bonchev–Trinajstić information content (AvgIpc) is 3.33. The van der Waals surface area contributed by atoms with Crippen molar-refractivity contribution in [3.8, 4) is 40.6 Å². The second-order valence-electron chi connectivity index (χ2n) is 9.34. The number of hydrogen-bond donors (Lipinski definition) is 0. The van der Waals surface area contributed by atoms with Crippen LogP contribution in [0.2, 0.25) is 0 Å². The highest BCUT2D eigenvalue weighted by molar-refractivity contribution is 6.10. The molecule has 0 spiro atoms. The maximum atomic E-state index is 13.7. The summed E-state index contributed by atoms with van der Waals surface area (Å²) < 4.78 is 83.5. The van der Waals surface area contributed by atoms with Crippen molar-refractivity contribution in [3.05, 3.63) is 102 Å². The molecule has 0 saturated heterocycles. The van der Waals surface area contributed by atoms with E-state index in [-0.39, 0.29) is 44.6 Å². The third-order valence-electron chi connectivity index (χ3n) is 6.72. The third kappa shape index (κ3) is 4.87. The Hall–Kier alpha value is -5.82. The first kappa shape index (κ1) is 27.4. The van der Waals surface area contributed by atoms with Gasteiger partial charge in [0.15, 0.2) is 11.6 Å². The molecule has 3 aromatic carbocycles. The molecule has 13 heteroatoms. The highest BCUT2D eigenvalue weighted by Gasteiger charge is 2.33. The number of benzene rings is 3. The summed E-state index contributed by atoms with van der Waals surface area (Å²) in [6.07, 6.45) is -4.22. The quantitative estimate of drug-likeness (QED) is 0.200. The van der Waals surface area contributed by atoms with Crippen LogP contribution in [-0.4, -0.2) is 24.5 Å². The van der Waals surface area contributed by atoms with Gasteiger partial charge in [0.1, 0.15) is 12.1 Å². The van der Waals surface area contributed by atoms with Crippen molar-refractivity contribution >= 4 is 21.8 Å². The van der Waals surface area contributed by atoms with Gasteiger partial charge in [0.05, 0.1) is 39.0 Å². The number of aromatic nitrogens is 5. The summed E-state index contributed by atoms with van der Waals surface area (Å²) in [6.45, 7) is 0. The van der Waals surface area contributed by atoms with E-state index < -0.39 is 23.5 Å². The average molecular weight is 585 g/mol. The molecule has 7 nitrogen and oxygen atoms in total. The molecule has 210 valence electrons. The van der Waals surface area contributed by atoms with Gasteiger partial charge in [-0.3, -0.25) is 0 Å². The Labute approximate surface area is 238 Å². The fourth-order valence-electron chi connectivity index (χ4n) is 4.74. The van der Waals surface area contributed by atoms with Crippen LogP contribution in [0.5, 0.6) is 0 Å². The molecule has 0 aliphatic carbocycles. The maximum Gasteiger partial charge on any atom is 0.416 e. The van der Waals surface area contributed by atoms with Crippen LogP contribution >= 0.6 is 0 Å². The van der Waals surface area contributed by atoms with E-state index in [4.69, 9.17) is 5.26 Å². The number of fused-ring (bicyclic) bond motifs is 3. The molecule has 0 N–H and O–H groups in total. The van der Waals surface area contributed by atoms with Crippen LogP contribution in [0.3, 0.4) is 0 Å². The molecule has 0 aliphatic rings. The number of nitriles is 2.